The highest BCUT2D eigenvalue weighted by Crippen LogP contribution is 2.27. The van der Waals surface area contributed by atoms with Gasteiger partial charge in [0.2, 0.25) is 0 Å². The fourth-order valence-corrected chi connectivity index (χ4v) is 2.61. The topological polar surface area (TPSA) is 38.9 Å². The summed E-state index contributed by atoms with van der Waals surface area (Å²) in [4.78, 5) is 4.28. The van der Waals surface area contributed by atoms with Gasteiger partial charge in [0.15, 0.2) is 0 Å². The molecule has 2 atom stereocenters. The van der Waals surface area contributed by atoms with Crippen LogP contribution in [0, 0.1) is 5.92 Å². The van der Waals surface area contributed by atoms with Crippen LogP contribution in [0.2, 0.25) is 0 Å². The molecule has 0 spiro atoms. The van der Waals surface area contributed by atoms with Gasteiger partial charge < -0.3 is 5.73 Å². The zero-order valence-electron chi connectivity index (χ0n) is 7.07. The van der Waals surface area contributed by atoms with Crippen molar-refractivity contribution in [2.45, 2.75) is 31.7 Å². The zero-order chi connectivity index (χ0) is 8.39. The molecule has 1 aliphatic rings. The lowest BCUT2D eigenvalue weighted by molar-refractivity contribution is 0.478. The maximum Gasteiger partial charge on any atom is 0.0928 e. The summed E-state index contributed by atoms with van der Waals surface area (Å²) >= 11 is 1.75. The van der Waals surface area contributed by atoms with E-state index in [1.54, 1.807) is 11.3 Å². The van der Waals surface area contributed by atoms with Crippen molar-refractivity contribution < 1.29 is 0 Å². The number of nitrogens with two attached hydrogens (primary N) is 1. The van der Waals surface area contributed by atoms with Crippen molar-refractivity contribution in [3.8, 4) is 0 Å². The number of nitrogens with zero attached hydrogens (tertiary/aromatic N) is 1. The SMILES string of the molecule is NC1CCCC1Cc1nccs1. The van der Waals surface area contributed by atoms with Gasteiger partial charge in [0.05, 0.1) is 5.01 Å². The van der Waals surface area contributed by atoms with E-state index >= 15 is 0 Å². The highest BCUT2D eigenvalue weighted by Gasteiger charge is 2.24. The minimum absolute atomic E-state index is 0.425. The highest BCUT2D eigenvalue weighted by molar-refractivity contribution is 7.09. The summed E-state index contributed by atoms with van der Waals surface area (Å²) in [5, 5.41) is 3.29. The Balaban J connectivity index is 1.95. The monoisotopic (exact) mass is 182 g/mol. The normalized spacial score (nSPS) is 29.4. The van der Waals surface area contributed by atoms with Crippen LogP contribution in [0.3, 0.4) is 0 Å². The van der Waals surface area contributed by atoms with Crippen molar-refractivity contribution in [1.82, 2.24) is 4.98 Å². The largest absolute Gasteiger partial charge is 0.327 e. The second kappa shape index (κ2) is 3.54. The standard InChI is InChI=1S/C9H14N2S/c10-8-3-1-2-7(8)6-9-11-4-5-12-9/h4-5,7-8H,1-3,6,10H2. The number of aromatic nitrogens is 1. The van der Waals surface area contributed by atoms with Crippen LogP contribution < -0.4 is 5.73 Å². The van der Waals surface area contributed by atoms with Crippen LogP contribution in [0.25, 0.3) is 0 Å². The molecule has 2 rings (SSSR count). The maximum atomic E-state index is 5.97. The molecular formula is C9H14N2S. The third kappa shape index (κ3) is 1.67. The third-order valence-corrected chi connectivity index (χ3v) is 3.44. The van der Waals surface area contributed by atoms with Crippen LogP contribution in [-0.4, -0.2) is 11.0 Å². The molecule has 1 aromatic heterocycles. The van der Waals surface area contributed by atoms with Gasteiger partial charge in [-0.15, -0.1) is 11.3 Å². The van der Waals surface area contributed by atoms with Crippen LogP contribution in [-0.2, 0) is 6.42 Å². The molecule has 0 amide bonds. The Morgan fingerprint density at radius 1 is 1.58 bits per heavy atom. The summed E-state index contributed by atoms with van der Waals surface area (Å²) in [6.07, 6.45) is 6.77. The van der Waals surface area contributed by atoms with Crippen LogP contribution >= 0.6 is 11.3 Å². The Hall–Kier alpha value is -0.410. The van der Waals surface area contributed by atoms with Crippen LogP contribution in [0.1, 0.15) is 24.3 Å². The molecule has 2 nitrogen and oxygen atoms in total. The van der Waals surface area contributed by atoms with E-state index in [2.05, 4.69) is 4.98 Å². The highest BCUT2D eigenvalue weighted by atomic mass is 32.1. The molecule has 2 N–H and O–H groups in total. The first-order valence-electron chi connectivity index (χ1n) is 4.50. The first-order chi connectivity index (χ1) is 5.86. The fraction of sp³-hybridized carbons (Fsp3) is 0.667. The van der Waals surface area contributed by atoms with Gasteiger partial charge in [0.25, 0.3) is 0 Å². The molecule has 1 heterocycles. The average molecular weight is 182 g/mol. The van der Waals surface area contributed by atoms with Crippen LogP contribution in [0.5, 0.6) is 0 Å². The molecule has 12 heavy (non-hydrogen) atoms. The van der Waals surface area contributed by atoms with Gasteiger partial charge in [-0.25, -0.2) is 4.98 Å². The second-order valence-corrected chi connectivity index (χ2v) is 4.46. The molecule has 1 saturated carbocycles. The Labute approximate surface area is 76.8 Å². The predicted molar refractivity (Wildman–Crippen MR) is 51.1 cm³/mol. The van der Waals surface area contributed by atoms with Gasteiger partial charge in [-0.3, -0.25) is 0 Å². The molecule has 0 radical (unpaired) electrons. The van der Waals surface area contributed by atoms with E-state index in [1.165, 1.54) is 24.3 Å². The molecular weight excluding hydrogens is 168 g/mol. The lowest BCUT2D eigenvalue weighted by Gasteiger charge is -2.12. The third-order valence-electron chi connectivity index (χ3n) is 2.64. The molecule has 66 valence electrons. The van der Waals surface area contributed by atoms with Crippen molar-refractivity contribution in [3.63, 3.8) is 0 Å². The van der Waals surface area contributed by atoms with Crippen molar-refractivity contribution in [2.24, 2.45) is 11.7 Å². The van der Waals surface area contributed by atoms with Crippen LogP contribution in [0.4, 0.5) is 0 Å². The number of thiazole rings is 1. The predicted octanol–water partition coefficient (Wildman–Crippen LogP) is 1.81. The van der Waals surface area contributed by atoms with E-state index in [4.69, 9.17) is 5.73 Å². The second-order valence-electron chi connectivity index (χ2n) is 3.48. The van der Waals surface area contributed by atoms with Gasteiger partial charge in [-0.05, 0) is 18.8 Å². The molecule has 0 aliphatic heterocycles. The van der Waals surface area contributed by atoms with E-state index in [0.29, 0.717) is 12.0 Å². The van der Waals surface area contributed by atoms with Crippen molar-refractivity contribution in [1.29, 1.82) is 0 Å². The number of hydrogen-bond donors (Lipinski definition) is 1. The van der Waals surface area contributed by atoms with Gasteiger partial charge in [-0.2, -0.15) is 0 Å². The summed E-state index contributed by atoms with van der Waals surface area (Å²) in [6.45, 7) is 0. The number of hydrogen-bond acceptors (Lipinski definition) is 3. The van der Waals surface area contributed by atoms with E-state index in [0.717, 1.165) is 6.42 Å². The first kappa shape index (κ1) is 8.20. The lowest BCUT2D eigenvalue weighted by Crippen LogP contribution is -2.25. The van der Waals surface area contributed by atoms with Crippen molar-refractivity contribution >= 4 is 11.3 Å². The van der Waals surface area contributed by atoms with Gasteiger partial charge in [0.1, 0.15) is 0 Å². The Morgan fingerprint density at radius 3 is 3.08 bits per heavy atom. The van der Waals surface area contributed by atoms with E-state index in [-0.39, 0.29) is 0 Å². The quantitative estimate of drug-likeness (QED) is 0.757. The van der Waals surface area contributed by atoms with E-state index in [9.17, 15) is 0 Å². The zero-order valence-corrected chi connectivity index (χ0v) is 7.89. The number of rotatable bonds is 2. The Kier molecular flexibility index (Phi) is 2.42. The molecule has 1 aromatic rings. The molecule has 0 aromatic carbocycles. The van der Waals surface area contributed by atoms with E-state index in [1.807, 2.05) is 11.6 Å². The van der Waals surface area contributed by atoms with Gasteiger partial charge in [0, 0.05) is 24.0 Å². The summed E-state index contributed by atoms with van der Waals surface area (Å²) in [6, 6.07) is 0.425. The minimum Gasteiger partial charge on any atom is -0.327 e. The summed E-state index contributed by atoms with van der Waals surface area (Å²) < 4.78 is 0. The summed E-state index contributed by atoms with van der Waals surface area (Å²) in [7, 11) is 0. The minimum atomic E-state index is 0.425. The van der Waals surface area contributed by atoms with Gasteiger partial charge >= 0.3 is 0 Å². The molecule has 0 bridgehead atoms. The average Bonchev–Trinajstić information content (AvgIpc) is 2.65. The van der Waals surface area contributed by atoms with Crippen LogP contribution in [0.15, 0.2) is 11.6 Å². The lowest BCUT2D eigenvalue weighted by atomic mass is 10.0. The molecule has 3 heteroatoms. The van der Waals surface area contributed by atoms with Crippen molar-refractivity contribution in [3.05, 3.63) is 16.6 Å². The summed E-state index contributed by atoms with van der Waals surface area (Å²) in [5.41, 5.74) is 5.97. The Morgan fingerprint density at radius 2 is 2.50 bits per heavy atom. The fourth-order valence-electron chi connectivity index (χ4n) is 1.90. The smallest absolute Gasteiger partial charge is 0.0928 e. The summed E-state index contributed by atoms with van der Waals surface area (Å²) in [5.74, 6) is 0.691. The molecule has 1 fully saturated rings. The molecule has 0 saturated heterocycles. The molecule has 2 unspecified atom stereocenters. The maximum absolute atomic E-state index is 5.97. The van der Waals surface area contributed by atoms with Crippen molar-refractivity contribution in [2.75, 3.05) is 0 Å². The Bertz CT molecular complexity index is 233. The first-order valence-corrected chi connectivity index (χ1v) is 5.38. The van der Waals surface area contributed by atoms with E-state index < -0.39 is 0 Å². The van der Waals surface area contributed by atoms with Gasteiger partial charge in [-0.1, -0.05) is 6.42 Å². The molecule has 1 aliphatic carbocycles.